The van der Waals surface area contributed by atoms with Crippen molar-refractivity contribution >= 4 is 15.9 Å². The van der Waals surface area contributed by atoms with E-state index in [4.69, 9.17) is 5.14 Å². The number of sulfonamides is 1. The Morgan fingerprint density at radius 3 is 2.73 bits per heavy atom. The largest absolute Gasteiger partial charge is 0.371 e. The summed E-state index contributed by atoms with van der Waals surface area (Å²) < 4.78 is 22.2. The van der Waals surface area contributed by atoms with Crippen molar-refractivity contribution < 1.29 is 13.2 Å². The molecule has 1 fully saturated rings. The highest BCUT2D eigenvalue weighted by atomic mass is 32.2. The maximum atomic E-state index is 11.4. The van der Waals surface area contributed by atoms with Gasteiger partial charge in [-0.1, -0.05) is 0 Å². The number of nitrogens with two attached hydrogens (primary N) is 1. The van der Waals surface area contributed by atoms with Crippen molar-refractivity contribution in [2.75, 3.05) is 6.67 Å². The van der Waals surface area contributed by atoms with Gasteiger partial charge in [0.1, 0.15) is 0 Å². The molecule has 0 saturated carbocycles. The van der Waals surface area contributed by atoms with Crippen LogP contribution in [0, 0.1) is 5.92 Å². The predicted octanol–water partition coefficient (Wildman–Crippen LogP) is -1.26. The van der Waals surface area contributed by atoms with E-state index < -0.39 is 15.9 Å². The van der Waals surface area contributed by atoms with Gasteiger partial charge in [0.2, 0.25) is 15.9 Å². The number of allylic oxidation sites excluding steroid dienone is 3. The Kier molecular flexibility index (Phi) is 2.28. The molecular weight excluding hydrogens is 218 g/mol. The van der Waals surface area contributed by atoms with Gasteiger partial charge in [-0.2, -0.15) is 0 Å². The fourth-order valence-corrected chi connectivity index (χ4v) is 2.32. The molecule has 82 valence electrons. The number of carbonyl (C=O) groups is 1. The van der Waals surface area contributed by atoms with E-state index in [1.54, 1.807) is 6.08 Å². The van der Waals surface area contributed by atoms with Gasteiger partial charge in [0.15, 0.2) is 0 Å². The zero-order valence-electron chi connectivity index (χ0n) is 7.86. The van der Waals surface area contributed by atoms with Crippen LogP contribution in [0.25, 0.3) is 0 Å². The molecule has 1 atom stereocenters. The first-order chi connectivity index (χ1) is 6.98. The Morgan fingerprint density at radius 2 is 2.07 bits per heavy atom. The minimum Gasteiger partial charge on any atom is -0.371 e. The van der Waals surface area contributed by atoms with Gasteiger partial charge < -0.3 is 10.6 Å². The normalized spacial score (nSPS) is 25.7. The van der Waals surface area contributed by atoms with Crippen LogP contribution in [-0.4, -0.2) is 21.0 Å². The topological polar surface area (TPSA) is 101 Å². The molecule has 2 aliphatic rings. The van der Waals surface area contributed by atoms with E-state index in [1.807, 2.05) is 0 Å². The van der Waals surface area contributed by atoms with Crippen molar-refractivity contribution in [3.8, 4) is 0 Å². The Morgan fingerprint density at radius 1 is 1.33 bits per heavy atom. The molecule has 1 amide bonds. The highest BCUT2D eigenvalue weighted by molar-refractivity contribution is 7.93. The summed E-state index contributed by atoms with van der Waals surface area (Å²) in [5.74, 6) is -0.633. The van der Waals surface area contributed by atoms with E-state index >= 15 is 0 Å². The smallest absolute Gasteiger partial charge is 0.234 e. The second-order valence-corrected chi connectivity index (χ2v) is 5.07. The zero-order chi connectivity index (χ0) is 11.1. The molecule has 0 aromatic carbocycles. The van der Waals surface area contributed by atoms with Crippen molar-refractivity contribution in [2.24, 2.45) is 11.1 Å². The maximum Gasteiger partial charge on any atom is 0.234 e. The van der Waals surface area contributed by atoms with Crippen LogP contribution in [0.5, 0.6) is 0 Å². The molecule has 0 radical (unpaired) electrons. The lowest BCUT2D eigenvalue weighted by Gasteiger charge is -2.29. The van der Waals surface area contributed by atoms with Crippen LogP contribution in [0.1, 0.15) is 6.42 Å². The predicted molar refractivity (Wildman–Crippen MR) is 53.5 cm³/mol. The average molecular weight is 229 g/mol. The summed E-state index contributed by atoms with van der Waals surface area (Å²) in [5.41, 5.74) is 0.742. The number of hydrogen-bond donors (Lipinski definition) is 3. The van der Waals surface area contributed by atoms with Crippen molar-refractivity contribution in [1.82, 2.24) is 10.6 Å². The summed E-state index contributed by atoms with van der Waals surface area (Å²) in [6.07, 6.45) is 3.16. The lowest BCUT2D eigenvalue weighted by atomic mass is 9.94. The Labute approximate surface area is 87.3 Å². The lowest BCUT2D eigenvalue weighted by molar-refractivity contribution is -0.125. The van der Waals surface area contributed by atoms with Crippen molar-refractivity contribution in [3.05, 3.63) is 22.8 Å². The number of hydrogen-bond acceptors (Lipinski definition) is 4. The van der Waals surface area contributed by atoms with Gasteiger partial charge >= 0.3 is 0 Å². The van der Waals surface area contributed by atoms with Crippen LogP contribution in [0.4, 0.5) is 0 Å². The SMILES string of the molecule is NS(=O)(=O)C1=CC=C2NCNC(=O)C2C1. The van der Waals surface area contributed by atoms with E-state index in [-0.39, 0.29) is 17.2 Å². The molecule has 6 nitrogen and oxygen atoms in total. The van der Waals surface area contributed by atoms with Crippen LogP contribution in [-0.2, 0) is 14.8 Å². The van der Waals surface area contributed by atoms with Crippen molar-refractivity contribution in [1.29, 1.82) is 0 Å². The molecule has 1 unspecified atom stereocenters. The summed E-state index contributed by atoms with van der Waals surface area (Å²) >= 11 is 0. The standard InChI is InChI=1S/C8H11N3O3S/c9-15(13,14)5-1-2-7-6(3-5)8(12)11-4-10-7/h1-2,6,10H,3-4H2,(H,11,12)(H2,9,13,14). The maximum absolute atomic E-state index is 11.4. The molecular formula is C8H11N3O3S. The summed E-state index contributed by atoms with van der Waals surface area (Å²) in [7, 11) is -3.69. The molecule has 15 heavy (non-hydrogen) atoms. The molecule has 0 spiro atoms. The summed E-state index contributed by atoms with van der Waals surface area (Å²) in [4.78, 5) is 11.5. The van der Waals surface area contributed by atoms with Gasteiger partial charge in [-0.05, 0) is 12.2 Å². The third-order valence-electron chi connectivity index (χ3n) is 2.47. The Hall–Kier alpha value is -1.34. The van der Waals surface area contributed by atoms with E-state index in [2.05, 4.69) is 10.6 Å². The molecule has 4 N–H and O–H groups in total. The number of rotatable bonds is 1. The third-order valence-corrected chi connectivity index (χ3v) is 3.50. The van der Waals surface area contributed by atoms with Crippen LogP contribution < -0.4 is 15.8 Å². The van der Waals surface area contributed by atoms with E-state index in [9.17, 15) is 13.2 Å². The van der Waals surface area contributed by atoms with Gasteiger partial charge in [0.25, 0.3) is 0 Å². The summed E-state index contributed by atoms with van der Waals surface area (Å²) in [6.45, 7) is 0.375. The first-order valence-corrected chi connectivity index (χ1v) is 5.98. The van der Waals surface area contributed by atoms with E-state index in [0.29, 0.717) is 6.67 Å². The second-order valence-electron chi connectivity index (χ2n) is 3.45. The number of nitrogens with one attached hydrogen (secondary N) is 2. The lowest BCUT2D eigenvalue weighted by Crippen LogP contribution is -2.47. The van der Waals surface area contributed by atoms with E-state index in [1.165, 1.54) is 6.08 Å². The number of amides is 1. The molecule has 0 aromatic heterocycles. The second kappa shape index (κ2) is 3.35. The van der Waals surface area contributed by atoms with Gasteiger partial charge in [-0.15, -0.1) is 0 Å². The highest BCUT2D eigenvalue weighted by Gasteiger charge is 2.31. The van der Waals surface area contributed by atoms with Crippen LogP contribution >= 0.6 is 0 Å². The fourth-order valence-electron chi connectivity index (χ4n) is 1.66. The molecule has 1 saturated heterocycles. The first-order valence-electron chi connectivity index (χ1n) is 4.43. The van der Waals surface area contributed by atoms with Gasteiger partial charge in [0.05, 0.1) is 17.5 Å². The van der Waals surface area contributed by atoms with Gasteiger partial charge in [-0.3, -0.25) is 4.79 Å². The molecule has 1 aliphatic carbocycles. The minimum absolute atomic E-state index is 0.0927. The van der Waals surface area contributed by atoms with Gasteiger partial charge in [-0.25, -0.2) is 13.6 Å². The van der Waals surface area contributed by atoms with Crippen molar-refractivity contribution in [3.63, 3.8) is 0 Å². The average Bonchev–Trinajstić information content (AvgIpc) is 2.16. The Balaban J connectivity index is 2.34. The number of primary sulfonamides is 1. The molecule has 2 rings (SSSR count). The number of carbonyl (C=O) groups excluding carboxylic acids is 1. The number of fused-ring (bicyclic) bond motifs is 1. The van der Waals surface area contributed by atoms with Crippen LogP contribution in [0.3, 0.4) is 0 Å². The summed E-state index contributed by atoms with van der Waals surface area (Å²) in [6, 6.07) is 0. The quantitative estimate of drug-likeness (QED) is 0.522. The van der Waals surface area contributed by atoms with Crippen LogP contribution in [0.15, 0.2) is 22.8 Å². The molecule has 1 heterocycles. The third kappa shape index (κ3) is 1.88. The molecule has 7 heteroatoms. The minimum atomic E-state index is -3.69. The van der Waals surface area contributed by atoms with Crippen molar-refractivity contribution in [2.45, 2.75) is 6.42 Å². The fraction of sp³-hybridized carbons (Fsp3) is 0.375. The Bertz CT molecular complexity index is 464. The van der Waals surface area contributed by atoms with Gasteiger partial charge in [0, 0.05) is 12.1 Å². The van der Waals surface area contributed by atoms with E-state index in [0.717, 1.165) is 5.70 Å². The molecule has 0 aromatic rings. The highest BCUT2D eigenvalue weighted by Crippen LogP contribution is 2.27. The van der Waals surface area contributed by atoms with Crippen LogP contribution in [0.2, 0.25) is 0 Å². The zero-order valence-corrected chi connectivity index (χ0v) is 8.67. The first kappa shape index (κ1) is 10.2. The molecule has 0 bridgehead atoms. The molecule has 1 aliphatic heterocycles. The summed E-state index contributed by atoms with van der Waals surface area (Å²) in [5, 5.41) is 10.6. The monoisotopic (exact) mass is 229 g/mol.